The molecule has 0 bridgehead atoms. The molecule has 2 aromatic heterocycles. The van der Waals surface area contributed by atoms with Gasteiger partial charge in [-0.15, -0.1) is 0 Å². The number of halogens is 1. The molecule has 2 aliphatic heterocycles. The number of nitrogens with one attached hydrogen (secondary N) is 1. The van der Waals surface area contributed by atoms with Crippen molar-refractivity contribution in [1.82, 2.24) is 24.3 Å². The van der Waals surface area contributed by atoms with E-state index in [0.29, 0.717) is 27.8 Å². The van der Waals surface area contributed by atoms with Gasteiger partial charge in [0.15, 0.2) is 5.82 Å². The average molecular weight is 620 g/mol. The highest BCUT2D eigenvalue weighted by Crippen LogP contribution is 2.33. The number of likely N-dealkylation sites (N-methyl/N-ethyl adjacent to an activating group) is 1. The standard InChI is InChI=1S/C36H38ClN7O/c1-23-18-25(30(37)19-26(23)21-44-15-5-6-16-44)10-11-32-29(20-38)28(12-14-39-32)27-8-7-9-31(24(27)2)41-36(45)35-40-33-22-42(3)17-13-34(33)43(35)4/h7-12,14,18-19H,5-6,13,15-17,21-22H2,1-4H3,(H,41,45)/b11-10+. The SMILES string of the molecule is Cc1cc(/C=C/c2nccc(-c3cccc(NC(=O)c4nc5c(n4C)CCN(C)C5)c3C)c2C#N)c(Cl)cc1CN1CCCC1. The number of imidazole rings is 1. The van der Waals surface area contributed by atoms with Gasteiger partial charge in [0.05, 0.1) is 17.0 Å². The number of amides is 1. The minimum atomic E-state index is -0.257. The third-order valence-corrected chi connectivity index (χ3v) is 9.41. The van der Waals surface area contributed by atoms with Gasteiger partial charge in [-0.1, -0.05) is 35.9 Å². The monoisotopic (exact) mass is 619 g/mol. The molecule has 9 heteroatoms. The number of nitrogens with zero attached hydrogens (tertiary/aromatic N) is 6. The first-order chi connectivity index (χ1) is 21.7. The number of carbonyl (C=O) groups excluding carboxylic acids is 1. The number of likely N-dealkylation sites (tertiary alicyclic amines) is 1. The van der Waals surface area contributed by atoms with Crippen molar-refractivity contribution < 1.29 is 4.79 Å². The second kappa shape index (κ2) is 13.0. The molecule has 4 aromatic rings. The lowest BCUT2D eigenvalue weighted by molar-refractivity contribution is 0.101. The van der Waals surface area contributed by atoms with Gasteiger partial charge in [0, 0.05) is 61.3 Å². The lowest BCUT2D eigenvalue weighted by Crippen LogP contribution is -2.27. The summed E-state index contributed by atoms with van der Waals surface area (Å²) >= 11 is 6.73. The number of anilines is 1. The Balaban J connectivity index is 1.26. The fourth-order valence-corrected chi connectivity index (χ4v) is 6.69. The van der Waals surface area contributed by atoms with Crippen LogP contribution in [0.25, 0.3) is 23.3 Å². The van der Waals surface area contributed by atoms with Crippen LogP contribution in [0.5, 0.6) is 0 Å². The number of rotatable bonds is 7. The van der Waals surface area contributed by atoms with E-state index in [0.717, 1.165) is 72.8 Å². The van der Waals surface area contributed by atoms with Gasteiger partial charge >= 0.3 is 0 Å². The van der Waals surface area contributed by atoms with Gasteiger partial charge in [0.2, 0.25) is 0 Å². The number of aromatic nitrogens is 3. The Bertz CT molecular complexity index is 1850. The van der Waals surface area contributed by atoms with Crippen LogP contribution in [-0.4, -0.2) is 56.9 Å². The Morgan fingerprint density at radius 1 is 1.09 bits per heavy atom. The van der Waals surface area contributed by atoms with E-state index in [1.165, 1.54) is 24.0 Å². The maximum Gasteiger partial charge on any atom is 0.291 e. The van der Waals surface area contributed by atoms with Crippen LogP contribution < -0.4 is 5.32 Å². The van der Waals surface area contributed by atoms with Crippen molar-refractivity contribution in [1.29, 1.82) is 5.26 Å². The predicted octanol–water partition coefficient (Wildman–Crippen LogP) is 6.63. The summed E-state index contributed by atoms with van der Waals surface area (Å²) in [5.74, 6) is 0.138. The van der Waals surface area contributed by atoms with Crippen LogP contribution in [0.2, 0.25) is 5.02 Å². The van der Waals surface area contributed by atoms with Crippen LogP contribution in [0.3, 0.4) is 0 Å². The van der Waals surface area contributed by atoms with E-state index in [2.05, 4.69) is 57.3 Å². The van der Waals surface area contributed by atoms with Gasteiger partial charge in [-0.05, 0) is 98.9 Å². The molecule has 2 aliphatic rings. The van der Waals surface area contributed by atoms with Crippen molar-refractivity contribution in [3.8, 4) is 17.2 Å². The summed E-state index contributed by atoms with van der Waals surface area (Å²) in [5, 5.41) is 14.0. The molecule has 1 amide bonds. The van der Waals surface area contributed by atoms with Crippen molar-refractivity contribution in [2.24, 2.45) is 7.05 Å². The zero-order valence-electron chi connectivity index (χ0n) is 26.3. The summed E-state index contributed by atoms with van der Waals surface area (Å²) in [6.07, 6.45) is 8.86. The Kier molecular flexibility index (Phi) is 8.86. The summed E-state index contributed by atoms with van der Waals surface area (Å²) in [5.41, 5.74) is 9.53. The predicted molar refractivity (Wildman–Crippen MR) is 180 cm³/mol. The normalized spacial score (nSPS) is 15.4. The highest BCUT2D eigenvalue weighted by atomic mass is 35.5. The molecular formula is C36H38ClN7O. The topological polar surface area (TPSA) is 90.1 Å². The molecule has 1 N–H and O–H groups in total. The molecule has 0 aliphatic carbocycles. The number of pyridine rings is 1. The van der Waals surface area contributed by atoms with Crippen molar-refractivity contribution in [3.05, 3.63) is 98.3 Å². The largest absolute Gasteiger partial charge is 0.327 e. The maximum atomic E-state index is 13.4. The number of benzene rings is 2. The maximum absolute atomic E-state index is 13.4. The van der Waals surface area contributed by atoms with E-state index in [9.17, 15) is 10.1 Å². The smallest absolute Gasteiger partial charge is 0.291 e. The number of hydrogen-bond donors (Lipinski definition) is 1. The molecule has 0 spiro atoms. The molecule has 45 heavy (non-hydrogen) atoms. The third kappa shape index (κ3) is 6.30. The van der Waals surface area contributed by atoms with E-state index in [-0.39, 0.29) is 5.91 Å². The van der Waals surface area contributed by atoms with E-state index in [4.69, 9.17) is 11.6 Å². The number of fused-ring (bicyclic) bond motifs is 1. The Labute approximate surface area is 270 Å². The Hall–Kier alpha value is -4.29. The van der Waals surface area contributed by atoms with Gasteiger partial charge in [-0.3, -0.25) is 14.7 Å². The molecular weight excluding hydrogens is 582 g/mol. The summed E-state index contributed by atoms with van der Waals surface area (Å²) < 4.78 is 1.90. The summed E-state index contributed by atoms with van der Waals surface area (Å²) in [4.78, 5) is 27.3. The number of nitriles is 1. The van der Waals surface area contributed by atoms with E-state index < -0.39 is 0 Å². The van der Waals surface area contributed by atoms with Crippen molar-refractivity contribution in [3.63, 3.8) is 0 Å². The second-order valence-corrected chi connectivity index (χ2v) is 12.6. The molecule has 230 valence electrons. The molecule has 1 fully saturated rings. The summed E-state index contributed by atoms with van der Waals surface area (Å²) in [6.45, 7) is 8.93. The van der Waals surface area contributed by atoms with E-state index >= 15 is 0 Å². The Morgan fingerprint density at radius 3 is 2.67 bits per heavy atom. The highest BCUT2D eigenvalue weighted by molar-refractivity contribution is 6.32. The van der Waals surface area contributed by atoms with Crippen molar-refractivity contribution in [2.45, 2.75) is 46.2 Å². The molecule has 8 nitrogen and oxygen atoms in total. The highest BCUT2D eigenvalue weighted by Gasteiger charge is 2.24. The van der Waals surface area contributed by atoms with Gasteiger partial charge < -0.3 is 14.8 Å². The molecule has 0 atom stereocenters. The summed E-state index contributed by atoms with van der Waals surface area (Å²) in [6, 6.07) is 14.1. The van der Waals surface area contributed by atoms with Crippen LogP contribution in [0.15, 0.2) is 42.6 Å². The van der Waals surface area contributed by atoms with Crippen molar-refractivity contribution >= 4 is 35.3 Å². The van der Waals surface area contributed by atoms with Crippen LogP contribution in [0.1, 0.15) is 68.4 Å². The van der Waals surface area contributed by atoms with Gasteiger partial charge in [-0.25, -0.2) is 4.98 Å². The van der Waals surface area contributed by atoms with Crippen molar-refractivity contribution in [2.75, 3.05) is 32.0 Å². The number of aryl methyl sites for hydroxylation is 1. The lowest BCUT2D eigenvalue weighted by Gasteiger charge is -2.21. The molecule has 4 heterocycles. The van der Waals surface area contributed by atoms with Gasteiger partial charge in [0.25, 0.3) is 5.91 Å². The van der Waals surface area contributed by atoms with Crippen LogP contribution in [0, 0.1) is 25.2 Å². The fraction of sp³-hybridized carbons (Fsp3) is 0.333. The number of carbonyl (C=O) groups is 1. The molecule has 1 saturated heterocycles. The van der Waals surface area contributed by atoms with Gasteiger partial charge in [0.1, 0.15) is 6.07 Å². The van der Waals surface area contributed by atoms with Crippen LogP contribution in [-0.2, 0) is 26.6 Å². The molecule has 0 saturated carbocycles. The second-order valence-electron chi connectivity index (χ2n) is 12.2. The fourth-order valence-electron chi connectivity index (χ4n) is 6.44. The van der Waals surface area contributed by atoms with Crippen LogP contribution >= 0.6 is 11.6 Å². The zero-order valence-corrected chi connectivity index (χ0v) is 27.1. The third-order valence-electron chi connectivity index (χ3n) is 9.08. The zero-order chi connectivity index (χ0) is 31.7. The van der Waals surface area contributed by atoms with E-state index in [1.807, 2.05) is 55.0 Å². The Morgan fingerprint density at radius 2 is 1.89 bits per heavy atom. The van der Waals surface area contributed by atoms with Crippen LogP contribution in [0.4, 0.5) is 5.69 Å². The van der Waals surface area contributed by atoms with E-state index in [1.54, 1.807) is 6.20 Å². The van der Waals surface area contributed by atoms with Gasteiger partial charge in [-0.2, -0.15) is 5.26 Å². The first kappa shape index (κ1) is 30.7. The number of hydrogen-bond acceptors (Lipinski definition) is 6. The minimum absolute atomic E-state index is 0.257. The molecule has 0 unspecified atom stereocenters. The summed E-state index contributed by atoms with van der Waals surface area (Å²) in [7, 11) is 3.96. The average Bonchev–Trinajstić information content (AvgIpc) is 3.66. The molecule has 6 rings (SSSR count). The quantitative estimate of drug-likeness (QED) is 0.250. The first-order valence-electron chi connectivity index (χ1n) is 15.5. The lowest BCUT2D eigenvalue weighted by atomic mass is 9.94. The molecule has 2 aromatic carbocycles. The minimum Gasteiger partial charge on any atom is -0.327 e. The molecule has 0 radical (unpaired) electrons. The first-order valence-corrected chi connectivity index (χ1v) is 15.8.